The van der Waals surface area contributed by atoms with Crippen molar-refractivity contribution in [1.82, 2.24) is 10.2 Å². The zero-order valence-electron chi connectivity index (χ0n) is 7.02. The Morgan fingerprint density at radius 2 is 2.31 bits per heavy atom. The lowest BCUT2D eigenvalue weighted by atomic mass is 10.6. The molecule has 0 aromatic carbocycles. The molecular weight excluding hydrogens is 198 g/mol. The van der Waals surface area contributed by atoms with Gasteiger partial charge in [0, 0.05) is 0 Å². The quantitative estimate of drug-likeness (QED) is 0.709. The molecule has 2 N–H and O–H groups in total. The van der Waals surface area contributed by atoms with Gasteiger partial charge >= 0.3 is 11.9 Å². The van der Waals surface area contributed by atoms with Crippen molar-refractivity contribution < 1.29 is 13.9 Å². The third-order valence-electron chi connectivity index (χ3n) is 1.09. The van der Waals surface area contributed by atoms with Gasteiger partial charge in [-0.3, -0.25) is 0 Å². The Kier molecular flexibility index (Phi) is 5.01. The number of hydrogen-bond donors (Lipinski definition) is 1. The Morgan fingerprint density at radius 3 is 2.77 bits per heavy atom. The molecule has 0 atom stereocenters. The summed E-state index contributed by atoms with van der Waals surface area (Å²) in [7, 11) is 0. The Hall–Kier alpha value is -1.14. The van der Waals surface area contributed by atoms with E-state index in [1.54, 1.807) is 6.92 Å². The highest BCUT2D eigenvalue weighted by Gasteiger charge is 2.14. The highest BCUT2D eigenvalue weighted by atomic mass is 35.5. The summed E-state index contributed by atoms with van der Waals surface area (Å²) in [6.45, 7) is 2.09. The number of ether oxygens (including phenoxy) is 1. The second kappa shape index (κ2) is 5.50. The first-order chi connectivity index (χ1) is 5.77. The standard InChI is InChI=1S/C6H9N3O3.ClH/c1-2-11-6(10)5-9-8-4(3-7)12-5;/h2-3,7H2,1H3;1H. The maximum atomic E-state index is 10.9. The molecule has 0 fully saturated rings. The third kappa shape index (κ3) is 3.00. The average Bonchev–Trinajstić information content (AvgIpc) is 2.52. The number of carbonyl (C=O) groups excluding carboxylic acids is 1. The van der Waals surface area contributed by atoms with Crippen LogP contribution in [0.5, 0.6) is 0 Å². The van der Waals surface area contributed by atoms with Crippen LogP contribution in [-0.4, -0.2) is 22.8 Å². The molecule has 0 saturated carbocycles. The topological polar surface area (TPSA) is 91.2 Å². The number of halogens is 1. The van der Waals surface area contributed by atoms with Crippen molar-refractivity contribution in [1.29, 1.82) is 0 Å². The zero-order chi connectivity index (χ0) is 8.97. The minimum atomic E-state index is -0.621. The summed E-state index contributed by atoms with van der Waals surface area (Å²) in [5.41, 5.74) is 5.19. The normalized spacial score (nSPS) is 9.08. The fourth-order valence-electron chi connectivity index (χ4n) is 0.611. The lowest BCUT2D eigenvalue weighted by Crippen LogP contribution is -2.04. The van der Waals surface area contributed by atoms with Gasteiger partial charge in [-0.05, 0) is 6.92 Å². The van der Waals surface area contributed by atoms with Gasteiger partial charge in [0.05, 0.1) is 13.2 Å². The molecule has 1 aromatic heterocycles. The molecule has 0 spiro atoms. The van der Waals surface area contributed by atoms with E-state index >= 15 is 0 Å². The third-order valence-corrected chi connectivity index (χ3v) is 1.09. The van der Waals surface area contributed by atoms with E-state index in [1.165, 1.54) is 0 Å². The minimum Gasteiger partial charge on any atom is -0.459 e. The summed E-state index contributed by atoms with van der Waals surface area (Å²) in [6, 6.07) is 0. The molecule has 0 unspecified atom stereocenters. The molecule has 0 aliphatic rings. The lowest BCUT2D eigenvalue weighted by Gasteiger charge is -1.93. The van der Waals surface area contributed by atoms with Crippen LogP contribution in [0.15, 0.2) is 4.42 Å². The summed E-state index contributed by atoms with van der Waals surface area (Å²) in [5, 5.41) is 6.93. The van der Waals surface area contributed by atoms with Crippen LogP contribution in [0.25, 0.3) is 0 Å². The van der Waals surface area contributed by atoms with E-state index in [9.17, 15) is 4.79 Å². The second-order valence-corrected chi connectivity index (χ2v) is 1.93. The maximum absolute atomic E-state index is 10.9. The summed E-state index contributed by atoms with van der Waals surface area (Å²) >= 11 is 0. The van der Waals surface area contributed by atoms with Crippen molar-refractivity contribution in [3.63, 3.8) is 0 Å². The van der Waals surface area contributed by atoms with Crippen LogP contribution < -0.4 is 5.73 Å². The molecule has 0 aliphatic heterocycles. The number of rotatable bonds is 3. The Morgan fingerprint density at radius 1 is 1.62 bits per heavy atom. The van der Waals surface area contributed by atoms with E-state index in [4.69, 9.17) is 10.2 Å². The molecule has 7 heteroatoms. The molecular formula is C6H10ClN3O3. The minimum absolute atomic E-state index is 0. The van der Waals surface area contributed by atoms with Gasteiger partial charge in [-0.1, -0.05) is 0 Å². The van der Waals surface area contributed by atoms with E-state index in [0.717, 1.165) is 0 Å². The van der Waals surface area contributed by atoms with E-state index in [0.29, 0.717) is 0 Å². The Labute approximate surface area is 80.9 Å². The highest BCUT2D eigenvalue weighted by molar-refractivity contribution is 5.85. The van der Waals surface area contributed by atoms with Crippen LogP contribution in [0.3, 0.4) is 0 Å². The van der Waals surface area contributed by atoms with Crippen molar-refractivity contribution in [2.45, 2.75) is 13.5 Å². The Balaban J connectivity index is 0.00000144. The van der Waals surface area contributed by atoms with Crippen molar-refractivity contribution in [3.8, 4) is 0 Å². The smallest absolute Gasteiger partial charge is 0.396 e. The molecule has 13 heavy (non-hydrogen) atoms. The monoisotopic (exact) mass is 207 g/mol. The van der Waals surface area contributed by atoms with Crippen LogP contribution in [0.4, 0.5) is 0 Å². The number of nitrogens with two attached hydrogens (primary N) is 1. The van der Waals surface area contributed by atoms with E-state index < -0.39 is 5.97 Å². The van der Waals surface area contributed by atoms with Gasteiger partial charge in [0.25, 0.3) is 0 Å². The van der Waals surface area contributed by atoms with Crippen molar-refractivity contribution in [2.75, 3.05) is 6.61 Å². The van der Waals surface area contributed by atoms with Gasteiger partial charge in [-0.2, -0.15) is 0 Å². The van der Waals surface area contributed by atoms with Crippen LogP contribution in [0, 0.1) is 0 Å². The first-order valence-corrected chi connectivity index (χ1v) is 3.47. The van der Waals surface area contributed by atoms with E-state index in [2.05, 4.69) is 14.9 Å². The molecule has 1 aromatic rings. The molecule has 0 bridgehead atoms. The number of esters is 1. The maximum Gasteiger partial charge on any atom is 0.396 e. The SMILES string of the molecule is CCOC(=O)c1nnc(CN)o1.Cl. The Bertz CT molecular complexity index is 276. The van der Waals surface area contributed by atoms with E-state index in [1.807, 2.05) is 0 Å². The number of carbonyl (C=O) groups is 1. The van der Waals surface area contributed by atoms with Gasteiger partial charge in [-0.25, -0.2) is 4.79 Å². The van der Waals surface area contributed by atoms with Crippen molar-refractivity contribution in [2.24, 2.45) is 5.73 Å². The van der Waals surface area contributed by atoms with Gasteiger partial charge in [0.15, 0.2) is 0 Å². The average molecular weight is 208 g/mol. The van der Waals surface area contributed by atoms with Gasteiger partial charge in [0.2, 0.25) is 5.89 Å². The first kappa shape index (κ1) is 11.9. The van der Waals surface area contributed by atoms with E-state index in [-0.39, 0.29) is 37.3 Å². The fraction of sp³-hybridized carbons (Fsp3) is 0.500. The lowest BCUT2D eigenvalue weighted by molar-refractivity contribution is 0.0479. The largest absolute Gasteiger partial charge is 0.459 e. The predicted octanol–water partition coefficient (Wildman–Crippen LogP) is 0.127. The summed E-state index contributed by atoms with van der Waals surface area (Å²) in [5.74, 6) is -0.556. The van der Waals surface area contributed by atoms with Crippen molar-refractivity contribution >= 4 is 18.4 Å². The first-order valence-electron chi connectivity index (χ1n) is 3.47. The fourth-order valence-corrected chi connectivity index (χ4v) is 0.611. The van der Waals surface area contributed by atoms with Crippen LogP contribution in [-0.2, 0) is 11.3 Å². The number of aromatic nitrogens is 2. The van der Waals surface area contributed by atoms with Crippen LogP contribution in [0.2, 0.25) is 0 Å². The molecule has 0 radical (unpaired) electrons. The van der Waals surface area contributed by atoms with Crippen molar-refractivity contribution in [3.05, 3.63) is 11.8 Å². The molecule has 74 valence electrons. The molecule has 0 aliphatic carbocycles. The molecule has 0 saturated heterocycles. The second-order valence-electron chi connectivity index (χ2n) is 1.93. The van der Waals surface area contributed by atoms with Gasteiger partial charge in [0.1, 0.15) is 0 Å². The van der Waals surface area contributed by atoms with Gasteiger partial charge in [-0.15, -0.1) is 22.6 Å². The zero-order valence-corrected chi connectivity index (χ0v) is 7.84. The molecule has 1 rings (SSSR count). The summed E-state index contributed by atoms with van der Waals surface area (Å²) in [6.07, 6.45) is 0. The number of hydrogen-bond acceptors (Lipinski definition) is 6. The molecule has 0 amide bonds. The van der Waals surface area contributed by atoms with Gasteiger partial charge < -0.3 is 14.9 Å². The summed E-state index contributed by atoms with van der Waals surface area (Å²) < 4.78 is 9.44. The molecule has 6 nitrogen and oxygen atoms in total. The van der Waals surface area contributed by atoms with Crippen LogP contribution >= 0.6 is 12.4 Å². The number of nitrogens with zero attached hydrogens (tertiary/aromatic N) is 2. The predicted molar refractivity (Wildman–Crippen MR) is 45.4 cm³/mol. The molecule has 1 heterocycles. The highest BCUT2D eigenvalue weighted by Crippen LogP contribution is 2.00. The van der Waals surface area contributed by atoms with Crippen LogP contribution in [0.1, 0.15) is 23.5 Å². The summed E-state index contributed by atoms with van der Waals surface area (Å²) in [4.78, 5) is 10.9.